The molecule has 0 saturated carbocycles. The third-order valence-corrected chi connectivity index (χ3v) is 1.39. The molecule has 0 spiro atoms. The molecule has 0 aromatic rings. The molecule has 1 rings (SSSR count). The number of nitrogens with two attached hydrogens (primary N) is 1. The summed E-state index contributed by atoms with van der Waals surface area (Å²) < 4.78 is 0. The molecule has 2 heteroatoms. The van der Waals surface area contributed by atoms with Gasteiger partial charge in [0, 0.05) is 12.6 Å². The molecule has 9 heavy (non-hydrogen) atoms. The molecule has 1 aliphatic rings. The van der Waals surface area contributed by atoms with E-state index in [9.17, 15) is 0 Å². The Balaban J connectivity index is 2.35. The Hall–Kier alpha value is -0.790. The van der Waals surface area contributed by atoms with Crippen molar-refractivity contribution in [2.45, 2.75) is 26.2 Å². The van der Waals surface area contributed by atoms with Crippen LogP contribution < -0.4 is 5.73 Å². The molecule has 0 fully saturated rings. The summed E-state index contributed by atoms with van der Waals surface area (Å²) in [6.45, 7) is 2.16. The molecule has 0 atom stereocenters. The van der Waals surface area contributed by atoms with E-state index in [0.29, 0.717) is 0 Å². The summed E-state index contributed by atoms with van der Waals surface area (Å²) in [6.07, 6.45) is 5.12. The lowest BCUT2D eigenvalue weighted by Crippen LogP contribution is -2.07. The molecule has 0 saturated heterocycles. The Labute approximate surface area is 55.5 Å². The van der Waals surface area contributed by atoms with E-state index in [4.69, 9.17) is 5.73 Å². The molecule has 50 valence electrons. The molecule has 1 heterocycles. The van der Waals surface area contributed by atoms with E-state index in [0.717, 1.165) is 18.7 Å². The predicted octanol–water partition coefficient (Wildman–Crippen LogP) is 1.43. The Morgan fingerprint density at radius 3 is 3.00 bits per heavy atom. The van der Waals surface area contributed by atoms with Crippen LogP contribution in [0, 0.1) is 0 Å². The first-order valence-corrected chi connectivity index (χ1v) is 3.33. The van der Waals surface area contributed by atoms with Crippen LogP contribution in [0.3, 0.4) is 0 Å². The molecule has 0 bridgehead atoms. The minimum absolute atomic E-state index is 0.762. The van der Waals surface area contributed by atoms with Crippen LogP contribution >= 0.6 is 0 Å². The first kappa shape index (κ1) is 6.33. The van der Waals surface area contributed by atoms with Gasteiger partial charge < -0.3 is 5.73 Å². The molecule has 0 unspecified atom stereocenters. The van der Waals surface area contributed by atoms with Crippen LogP contribution in [-0.2, 0) is 0 Å². The summed E-state index contributed by atoms with van der Waals surface area (Å²) in [5.41, 5.74) is 6.82. The van der Waals surface area contributed by atoms with Gasteiger partial charge in [0.2, 0.25) is 0 Å². The van der Waals surface area contributed by atoms with Gasteiger partial charge in [0.15, 0.2) is 0 Å². The van der Waals surface area contributed by atoms with Crippen LogP contribution in [0.25, 0.3) is 0 Å². The first-order chi connectivity index (χ1) is 4.33. The summed E-state index contributed by atoms with van der Waals surface area (Å²) in [4.78, 5) is 3.97. The number of amidine groups is 1. The van der Waals surface area contributed by atoms with E-state index in [1.54, 1.807) is 0 Å². The first-order valence-electron chi connectivity index (χ1n) is 3.33. The van der Waals surface area contributed by atoms with E-state index >= 15 is 0 Å². The number of aliphatic imine (C=N–C) groups is 1. The molecule has 0 radical (unpaired) electrons. The van der Waals surface area contributed by atoms with Gasteiger partial charge in [-0.25, -0.2) is 4.99 Å². The van der Waals surface area contributed by atoms with Crippen molar-refractivity contribution in [1.82, 2.24) is 0 Å². The van der Waals surface area contributed by atoms with Crippen LogP contribution in [-0.4, -0.2) is 5.84 Å². The summed E-state index contributed by atoms with van der Waals surface area (Å²) >= 11 is 0. The zero-order valence-corrected chi connectivity index (χ0v) is 5.72. The van der Waals surface area contributed by atoms with E-state index in [1.165, 1.54) is 12.0 Å². The molecule has 2 nitrogen and oxygen atoms in total. The van der Waals surface area contributed by atoms with Crippen molar-refractivity contribution in [2.24, 2.45) is 10.7 Å². The third kappa shape index (κ3) is 1.56. The van der Waals surface area contributed by atoms with Crippen molar-refractivity contribution in [1.29, 1.82) is 0 Å². The highest BCUT2D eigenvalue weighted by atomic mass is 14.9. The van der Waals surface area contributed by atoms with Crippen LogP contribution in [0.4, 0.5) is 0 Å². The second-order valence-corrected chi connectivity index (χ2v) is 2.33. The van der Waals surface area contributed by atoms with Crippen molar-refractivity contribution in [3.05, 3.63) is 11.8 Å². The maximum absolute atomic E-state index is 5.45. The topological polar surface area (TPSA) is 38.4 Å². The van der Waals surface area contributed by atoms with Gasteiger partial charge in [-0.2, -0.15) is 0 Å². The lowest BCUT2D eigenvalue weighted by atomic mass is 10.1. The van der Waals surface area contributed by atoms with Gasteiger partial charge in [-0.15, -0.1) is 0 Å². The molecule has 1 aliphatic heterocycles. The van der Waals surface area contributed by atoms with E-state index in [-0.39, 0.29) is 0 Å². The van der Waals surface area contributed by atoms with Gasteiger partial charge in [0.1, 0.15) is 5.84 Å². The molecular weight excluding hydrogens is 112 g/mol. The monoisotopic (exact) mass is 124 g/mol. The second kappa shape index (κ2) is 2.67. The van der Waals surface area contributed by atoms with E-state index < -0.39 is 0 Å². The maximum atomic E-state index is 5.45. The summed E-state index contributed by atoms with van der Waals surface area (Å²) in [6, 6.07) is 0. The SMILES string of the molecule is CCCC1=CN=C(N)C1. The highest BCUT2D eigenvalue weighted by Crippen LogP contribution is 2.14. The smallest absolute Gasteiger partial charge is 0.103 e. The fourth-order valence-corrected chi connectivity index (χ4v) is 0.972. The van der Waals surface area contributed by atoms with Gasteiger partial charge in [-0.1, -0.05) is 13.3 Å². The van der Waals surface area contributed by atoms with Gasteiger partial charge in [-0.05, 0) is 12.0 Å². The van der Waals surface area contributed by atoms with Gasteiger partial charge in [-0.3, -0.25) is 0 Å². The summed E-state index contributed by atoms with van der Waals surface area (Å²) in [5.74, 6) is 0.762. The number of hydrogen-bond acceptors (Lipinski definition) is 2. The molecule has 2 N–H and O–H groups in total. The molecule has 0 aromatic carbocycles. The van der Waals surface area contributed by atoms with Gasteiger partial charge in [0.25, 0.3) is 0 Å². The molecule has 0 aromatic heterocycles. The Morgan fingerprint density at radius 2 is 2.56 bits per heavy atom. The second-order valence-electron chi connectivity index (χ2n) is 2.33. The average Bonchev–Trinajstić information content (AvgIpc) is 2.17. The minimum Gasteiger partial charge on any atom is -0.387 e. The summed E-state index contributed by atoms with van der Waals surface area (Å²) in [5, 5.41) is 0. The van der Waals surface area contributed by atoms with Crippen LogP contribution in [0.1, 0.15) is 26.2 Å². The van der Waals surface area contributed by atoms with E-state index in [1.807, 2.05) is 6.20 Å². The minimum atomic E-state index is 0.762. The van der Waals surface area contributed by atoms with Crippen molar-refractivity contribution < 1.29 is 0 Å². The molecule has 0 amide bonds. The Kier molecular flexibility index (Phi) is 1.88. The Morgan fingerprint density at radius 1 is 1.78 bits per heavy atom. The number of hydrogen-bond donors (Lipinski definition) is 1. The average molecular weight is 124 g/mol. The zero-order chi connectivity index (χ0) is 6.69. The molecular formula is C7H12N2. The third-order valence-electron chi connectivity index (χ3n) is 1.39. The standard InChI is InChI=1S/C7H12N2/c1-2-3-6-4-7(8)9-5-6/h5H,2-4H2,1H3,(H2,8,9). The fraction of sp³-hybridized carbons (Fsp3) is 0.571. The lowest BCUT2D eigenvalue weighted by molar-refractivity contribution is 0.892. The van der Waals surface area contributed by atoms with E-state index in [2.05, 4.69) is 11.9 Å². The largest absolute Gasteiger partial charge is 0.387 e. The highest BCUT2D eigenvalue weighted by molar-refractivity contribution is 5.85. The molecule has 0 aliphatic carbocycles. The predicted molar refractivity (Wildman–Crippen MR) is 39.2 cm³/mol. The maximum Gasteiger partial charge on any atom is 0.103 e. The fourth-order valence-electron chi connectivity index (χ4n) is 0.972. The summed E-state index contributed by atoms with van der Waals surface area (Å²) in [7, 11) is 0. The van der Waals surface area contributed by atoms with Crippen LogP contribution in [0.5, 0.6) is 0 Å². The van der Waals surface area contributed by atoms with Crippen molar-refractivity contribution in [2.75, 3.05) is 0 Å². The highest BCUT2D eigenvalue weighted by Gasteiger charge is 2.03. The van der Waals surface area contributed by atoms with Gasteiger partial charge in [0.05, 0.1) is 0 Å². The van der Waals surface area contributed by atoms with Crippen LogP contribution in [0.2, 0.25) is 0 Å². The van der Waals surface area contributed by atoms with Crippen molar-refractivity contribution >= 4 is 5.84 Å². The number of nitrogens with zero attached hydrogens (tertiary/aromatic N) is 1. The quantitative estimate of drug-likeness (QED) is 0.594. The van der Waals surface area contributed by atoms with Gasteiger partial charge >= 0.3 is 0 Å². The lowest BCUT2D eigenvalue weighted by Gasteiger charge is -1.94. The van der Waals surface area contributed by atoms with Crippen molar-refractivity contribution in [3.63, 3.8) is 0 Å². The Bertz CT molecular complexity index is 156. The normalized spacial score (nSPS) is 17.4. The van der Waals surface area contributed by atoms with Crippen LogP contribution in [0.15, 0.2) is 16.8 Å². The zero-order valence-electron chi connectivity index (χ0n) is 5.72. The number of rotatable bonds is 2. The van der Waals surface area contributed by atoms with Crippen molar-refractivity contribution in [3.8, 4) is 0 Å².